The van der Waals surface area contributed by atoms with Crippen LogP contribution in [0.3, 0.4) is 0 Å². The Balaban J connectivity index is 1.40. The van der Waals surface area contributed by atoms with Crippen molar-refractivity contribution in [1.29, 1.82) is 0 Å². The van der Waals surface area contributed by atoms with Crippen molar-refractivity contribution in [3.8, 4) is 0 Å². The summed E-state index contributed by atoms with van der Waals surface area (Å²) in [5.74, 6) is -0.508. The van der Waals surface area contributed by atoms with Gasteiger partial charge in [-0.3, -0.25) is 0 Å². The molecule has 1 unspecified atom stereocenters. The molecule has 0 saturated carbocycles. The summed E-state index contributed by atoms with van der Waals surface area (Å²) in [6.45, 7) is 5.92. The number of ether oxygens (including phenoxy) is 5. The van der Waals surface area contributed by atoms with Gasteiger partial charge in [-0.15, -0.1) is 0 Å². The zero-order valence-electron chi connectivity index (χ0n) is 12.5. The Bertz CT molecular complexity index is 439. The molecule has 116 valence electrons. The van der Waals surface area contributed by atoms with Gasteiger partial charge in [-0.2, -0.15) is 0 Å². The maximum Gasteiger partial charge on any atom is 0.184 e. The van der Waals surface area contributed by atoms with E-state index in [2.05, 4.69) is 0 Å². The maximum atomic E-state index is 5.79. The lowest BCUT2D eigenvalue weighted by Crippen LogP contribution is -2.36. The van der Waals surface area contributed by atoms with Crippen LogP contribution in [0.15, 0.2) is 30.3 Å². The second-order valence-corrected chi connectivity index (χ2v) is 5.82. The number of hydrogen-bond acceptors (Lipinski definition) is 5. The first-order valence-corrected chi connectivity index (χ1v) is 7.34. The van der Waals surface area contributed by atoms with E-state index in [-0.39, 0.29) is 18.5 Å². The SMILES string of the molecule is CC1(C)OCC(COC2COC(c3ccccc3)OC2)O1. The van der Waals surface area contributed by atoms with Crippen LogP contribution in [0.1, 0.15) is 25.7 Å². The lowest BCUT2D eigenvalue weighted by atomic mass is 10.2. The largest absolute Gasteiger partial charge is 0.371 e. The van der Waals surface area contributed by atoms with Gasteiger partial charge in [0.05, 0.1) is 26.4 Å². The summed E-state index contributed by atoms with van der Waals surface area (Å²) in [6.07, 6.45) is -0.375. The van der Waals surface area contributed by atoms with Crippen molar-refractivity contribution in [1.82, 2.24) is 0 Å². The van der Waals surface area contributed by atoms with Gasteiger partial charge in [-0.1, -0.05) is 30.3 Å². The molecule has 1 atom stereocenters. The molecule has 3 rings (SSSR count). The van der Waals surface area contributed by atoms with Gasteiger partial charge >= 0.3 is 0 Å². The monoisotopic (exact) mass is 294 g/mol. The lowest BCUT2D eigenvalue weighted by molar-refractivity contribution is -0.235. The second kappa shape index (κ2) is 6.42. The minimum atomic E-state index is -0.508. The van der Waals surface area contributed by atoms with E-state index in [9.17, 15) is 0 Å². The van der Waals surface area contributed by atoms with Gasteiger partial charge in [0.15, 0.2) is 12.1 Å². The molecular weight excluding hydrogens is 272 g/mol. The standard InChI is InChI=1S/C16H22O5/c1-16(2)20-11-14(21-16)10-17-13-8-18-15(19-9-13)12-6-4-3-5-7-12/h3-7,13-15H,8-11H2,1-2H3. The van der Waals surface area contributed by atoms with Gasteiger partial charge in [0.1, 0.15) is 12.2 Å². The average Bonchev–Trinajstić information content (AvgIpc) is 2.86. The van der Waals surface area contributed by atoms with E-state index < -0.39 is 5.79 Å². The van der Waals surface area contributed by atoms with Crippen LogP contribution >= 0.6 is 0 Å². The van der Waals surface area contributed by atoms with E-state index in [0.29, 0.717) is 26.4 Å². The lowest BCUT2D eigenvalue weighted by Gasteiger charge is -2.30. The average molecular weight is 294 g/mol. The highest BCUT2D eigenvalue weighted by molar-refractivity contribution is 5.16. The molecule has 2 heterocycles. The Morgan fingerprint density at radius 2 is 1.81 bits per heavy atom. The molecule has 0 amide bonds. The third-order valence-electron chi connectivity index (χ3n) is 3.52. The van der Waals surface area contributed by atoms with Gasteiger partial charge < -0.3 is 23.7 Å². The molecule has 0 aromatic heterocycles. The summed E-state index contributed by atoms with van der Waals surface area (Å²) in [7, 11) is 0. The van der Waals surface area contributed by atoms with Crippen LogP contribution in [0.5, 0.6) is 0 Å². The summed E-state index contributed by atoms with van der Waals surface area (Å²) >= 11 is 0. The zero-order chi connectivity index (χ0) is 14.7. The van der Waals surface area contributed by atoms with Gasteiger partial charge in [-0.25, -0.2) is 0 Å². The number of benzene rings is 1. The van der Waals surface area contributed by atoms with Crippen molar-refractivity contribution in [2.45, 2.75) is 38.1 Å². The molecular formula is C16H22O5. The molecule has 5 nitrogen and oxygen atoms in total. The van der Waals surface area contributed by atoms with Crippen molar-refractivity contribution in [2.24, 2.45) is 0 Å². The van der Waals surface area contributed by atoms with E-state index in [1.54, 1.807) is 0 Å². The Hall–Kier alpha value is -0.980. The highest BCUT2D eigenvalue weighted by Crippen LogP contribution is 2.25. The number of hydrogen-bond donors (Lipinski definition) is 0. The van der Waals surface area contributed by atoms with Crippen LogP contribution in [-0.4, -0.2) is 44.4 Å². The third-order valence-corrected chi connectivity index (χ3v) is 3.52. The van der Waals surface area contributed by atoms with Crippen molar-refractivity contribution >= 4 is 0 Å². The van der Waals surface area contributed by atoms with Crippen molar-refractivity contribution in [3.63, 3.8) is 0 Å². The first-order chi connectivity index (χ1) is 10.1. The molecule has 1 aromatic rings. The molecule has 2 aliphatic rings. The van der Waals surface area contributed by atoms with E-state index in [0.717, 1.165) is 5.56 Å². The van der Waals surface area contributed by atoms with E-state index in [1.165, 1.54) is 0 Å². The van der Waals surface area contributed by atoms with Crippen LogP contribution < -0.4 is 0 Å². The molecule has 0 bridgehead atoms. The molecule has 5 heteroatoms. The van der Waals surface area contributed by atoms with Gasteiger partial charge in [0.2, 0.25) is 0 Å². The summed E-state index contributed by atoms with van der Waals surface area (Å²) in [6, 6.07) is 9.92. The molecule has 2 saturated heterocycles. The Morgan fingerprint density at radius 1 is 1.10 bits per heavy atom. The second-order valence-electron chi connectivity index (χ2n) is 5.82. The normalized spacial score (nSPS) is 32.2. The van der Waals surface area contributed by atoms with Gasteiger partial charge in [-0.05, 0) is 13.8 Å². The predicted molar refractivity (Wildman–Crippen MR) is 75.7 cm³/mol. The minimum Gasteiger partial charge on any atom is -0.371 e. The fourth-order valence-electron chi connectivity index (χ4n) is 2.47. The molecule has 21 heavy (non-hydrogen) atoms. The fourth-order valence-corrected chi connectivity index (χ4v) is 2.47. The first-order valence-electron chi connectivity index (χ1n) is 7.34. The Labute approximate surface area is 125 Å². The quantitative estimate of drug-likeness (QED) is 0.852. The van der Waals surface area contributed by atoms with Crippen LogP contribution in [-0.2, 0) is 23.7 Å². The van der Waals surface area contributed by atoms with Crippen LogP contribution in [0.4, 0.5) is 0 Å². The van der Waals surface area contributed by atoms with Gasteiger partial charge in [0, 0.05) is 5.56 Å². The summed E-state index contributed by atoms with van der Waals surface area (Å²) in [5, 5.41) is 0. The Kier molecular flexibility index (Phi) is 4.57. The third kappa shape index (κ3) is 4.02. The molecule has 0 radical (unpaired) electrons. The minimum absolute atomic E-state index is 0.0214. The molecule has 0 spiro atoms. The van der Waals surface area contributed by atoms with Crippen LogP contribution in [0, 0.1) is 0 Å². The summed E-state index contributed by atoms with van der Waals surface area (Å²) < 4.78 is 28.4. The summed E-state index contributed by atoms with van der Waals surface area (Å²) in [5.41, 5.74) is 1.03. The zero-order valence-corrected chi connectivity index (χ0v) is 12.5. The van der Waals surface area contributed by atoms with Crippen molar-refractivity contribution < 1.29 is 23.7 Å². The fraction of sp³-hybridized carbons (Fsp3) is 0.625. The summed E-state index contributed by atoms with van der Waals surface area (Å²) in [4.78, 5) is 0. The van der Waals surface area contributed by atoms with E-state index in [1.807, 2.05) is 44.2 Å². The smallest absolute Gasteiger partial charge is 0.184 e. The molecule has 2 fully saturated rings. The highest BCUT2D eigenvalue weighted by Gasteiger charge is 2.33. The van der Waals surface area contributed by atoms with E-state index in [4.69, 9.17) is 23.7 Å². The molecule has 1 aromatic carbocycles. The highest BCUT2D eigenvalue weighted by atomic mass is 16.8. The van der Waals surface area contributed by atoms with Crippen LogP contribution in [0.2, 0.25) is 0 Å². The Morgan fingerprint density at radius 3 is 2.43 bits per heavy atom. The number of rotatable bonds is 4. The van der Waals surface area contributed by atoms with Crippen LogP contribution in [0.25, 0.3) is 0 Å². The molecule has 0 N–H and O–H groups in total. The maximum absolute atomic E-state index is 5.79. The van der Waals surface area contributed by atoms with Crippen molar-refractivity contribution in [2.75, 3.05) is 26.4 Å². The molecule has 0 aliphatic carbocycles. The first kappa shape index (κ1) is 14.9. The van der Waals surface area contributed by atoms with E-state index >= 15 is 0 Å². The van der Waals surface area contributed by atoms with Crippen molar-refractivity contribution in [3.05, 3.63) is 35.9 Å². The topological polar surface area (TPSA) is 46.2 Å². The predicted octanol–water partition coefficient (Wildman–Crippen LogP) is 2.27. The molecule has 2 aliphatic heterocycles. The van der Waals surface area contributed by atoms with Gasteiger partial charge in [0.25, 0.3) is 0 Å².